The van der Waals surface area contributed by atoms with Crippen LogP contribution in [-0.2, 0) is 6.54 Å². The third-order valence-corrected chi connectivity index (χ3v) is 4.39. The van der Waals surface area contributed by atoms with E-state index in [0.29, 0.717) is 61.6 Å². The second-order valence-electron chi connectivity index (χ2n) is 6.13. The molecule has 2 aromatic rings. The SMILES string of the molecule is Cc1nc(CN2CCN(C(=O)c3cccc4c3OCCO4)CC2)no1. The van der Waals surface area contributed by atoms with E-state index in [2.05, 4.69) is 15.0 Å². The highest BCUT2D eigenvalue weighted by Crippen LogP contribution is 2.34. The largest absolute Gasteiger partial charge is 0.486 e. The van der Waals surface area contributed by atoms with Gasteiger partial charge < -0.3 is 18.9 Å². The van der Waals surface area contributed by atoms with Crippen LogP contribution < -0.4 is 9.47 Å². The summed E-state index contributed by atoms with van der Waals surface area (Å²) in [5, 5.41) is 3.92. The van der Waals surface area contributed by atoms with Crippen molar-refractivity contribution in [1.29, 1.82) is 0 Å². The number of piperazine rings is 1. The Hall–Kier alpha value is -2.61. The summed E-state index contributed by atoms with van der Waals surface area (Å²) in [5.74, 6) is 2.43. The van der Waals surface area contributed by atoms with Crippen LogP contribution in [-0.4, -0.2) is 65.2 Å². The maximum atomic E-state index is 12.9. The van der Waals surface area contributed by atoms with E-state index in [-0.39, 0.29) is 5.91 Å². The molecule has 2 aliphatic rings. The zero-order valence-electron chi connectivity index (χ0n) is 14.1. The molecule has 0 spiro atoms. The number of rotatable bonds is 3. The zero-order chi connectivity index (χ0) is 17.2. The smallest absolute Gasteiger partial charge is 0.257 e. The molecule has 1 aromatic heterocycles. The first kappa shape index (κ1) is 15.9. The number of nitrogens with zero attached hydrogens (tertiary/aromatic N) is 4. The van der Waals surface area contributed by atoms with E-state index in [9.17, 15) is 4.79 Å². The first-order chi connectivity index (χ1) is 12.2. The highest BCUT2D eigenvalue weighted by Gasteiger charge is 2.27. The molecule has 3 heterocycles. The molecule has 25 heavy (non-hydrogen) atoms. The average molecular weight is 344 g/mol. The lowest BCUT2D eigenvalue weighted by molar-refractivity contribution is 0.0615. The minimum absolute atomic E-state index is 0.0163. The zero-order valence-corrected chi connectivity index (χ0v) is 14.1. The Morgan fingerprint density at radius 1 is 1.16 bits per heavy atom. The fraction of sp³-hybridized carbons (Fsp3) is 0.471. The number of fused-ring (bicyclic) bond motifs is 1. The van der Waals surface area contributed by atoms with Gasteiger partial charge in [0.2, 0.25) is 5.89 Å². The van der Waals surface area contributed by atoms with E-state index >= 15 is 0 Å². The van der Waals surface area contributed by atoms with Gasteiger partial charge >= 0.3 is 0 Å². The van der Waals surface area contributed by atoms with Crippen molar-refractivity contribution in [2.24, 2.45) is 0 Å². The summed E-state index contributed by atoms with van der Waals surface area (Å²) >= 11 is 0. The number of para-hydroxylation sites is 1. The van der Waals surface area contributed by atoms with Gasteiger partial charge in [-0.25, -0.2) is 0 Å². The Morgan fingerprint density at radius 3 is 2.72 bits per heavy atom. The predicted octanol–water partition coefficient (Wildman–Crippen LogP) is 1.11. The van der Waals surface area contributed by atoms with E-state index in [1.165, 1.54) is 0 Å². The van der Waals surface area contributed by atoms with Gasteiger partial charge in [0.1, 0.15) is 13.2 Å². The van der Waals surface area contributed by atoms with Gasteiger partial charge in [0.15, 0.2) is 17.3 Å². The molecule has 0 unspecified atom stereocenters. The lowest BCUT2D eigenvalue weighted by Crippen LogP contribution is -2.48. The highest BCUT2D eigenvalue weighted by molar-refractivity contribution is 5.98. The average Bonchev–Trinajstić information content (AvgIpc) is 3.06. The molecule has 1 saturated heterocycles. The quantitative estimate of drug-likeness (QED) is 0.825. The molecule has 0 bridgehead atoms. The molecule has 0 aliphatic carbocycles. The maximum Gasteiger partial charge on any atom is 0.257 e. The third kappa shape index (κ3) is 3.30. The lowest BCUT2D eigenvalue weighted by Gasteiger charge is -2.34. The van der Waals surface area contributed by atoms with E-state index < -0.39 is 0 Å². The van der Waals surface area contributed by atoms with Gasteiger partial charge in [0.25, 0.3) is 5.91 Å². The van der Waals surface area contributed by atoms with Crippen LogP contribution in [0, 0.1) is 6.92 Å². The molecule has 2 aliphatic heterocycles. The third-order valence-electron chi connectivity index (χ3n) is 4.39. The number of hydrogen-bond acceptors (Lipinski definition) is 7. The van der Waals surface area contributed by atoms with Crippen LogP contribution in [0.15, 0.2) is 22.7 Å². The summed E-state index contributed by atoms with van der Waals surface area (Å²) in [7, 11) is 0. The van der Waals surface area contributed by atoms with Gasteiger partial charge in [-0.15, -0.1) is 0 Å². The van der Waals surface area contributed by atoms with Crippen molar-refractivity contribution in [3.05, 3.63) is 35.5 Å². The van der Waals surface area contributed by atoms with Crippen molar-refractivity contribution in [3.8, 4) is 11.5 Å². The summed E-state index contributed by atoms with van der Waals surface area (Å²) in [4.78, 5) is 21.2. The second kappa shape index (κ2) is 6.72. The molecule has 0 radical (unpaired) electrons. The maximum absolute atomic E-state index is 12.9. The van der Waals surface area contributed by atoms with Crippen molar-refractivity contribution >= 4 is 5.91 Å². The molecule has 1 aromatic carbocycles. The number of amides is 1. The molecule has 0 saturated carbocycles. The molecule has 1 fully saturated rings. The second-order valence-corrected chi connectivity index (χ2v) is 6.13. The van der Waals surface area contributed by atoms with Crippen LogP contribution in [0.25, 0.3) is 0 Å². The molecule has 8 heteroatoms. The van der Waals surface area contributed by atoms with Crippen molar-refractivity contribution < 1.29 is 18.8 Å². The highest BCUT2D eigenvalue weighted by atomic mass is 16.6. The number of benzene rings is 1. The number of ether oxygens (including phenoxy) is 2. The Bertz CT molecular complexity index is 768. The summed E-state index contributed by atoms with van der Waals surface area (Å²) < 4.78 is 16.2. The monoisotopic (exact) mass is 344 g/mol. The minimum atomic E-state index is -0.0163. The molecule has 4 rings (SSSR count). The molecular formula is C17H20N4O4. The molecular weight excluding hydrogens is 324 g/mol. The van der Waals surface area contributed by atoms with Gasteiger partial charge in [-0.1, -0.05) is 11.2 Å². The summed E-state index contributed by atoms with van der Waals surface area (Å²) in [6.45, 7) is 6.24. The van der Waals surface area contributed by atoms with E-state index in [1.54, 1.807) is 13.0 Å². The van der Waals surface area contributed by atoms with E-state index in [4.69, 9.17) is 14.0 Å². The van der Waals surface area contributed by atoms with Crippen LogP contribution in [0.1, 0.15) is 22.1 Å². The first-order valence-electron chi connectivity index (χ1n) is 8.40. The molecule has 8 nitrogen and oxygen atoms in total. The summed E-state index contributed by atoms with van der Waals surface area (Å²) in [6.07, 6.45) is 0. The fourth-order valence-electron chi connectivity index (χ4n) is 3.13. The van der Waals surface area contributed by atoms with Crippen molar-refractivity contribution in [3.63, 3.8) is 0 Å². The molecule has 0 N–H and O–H groups in total. The molecule has 1 amide bonds. The number of carbonyl (C=O) groups is 1. The lowest BCUT2D eigenvalue weighted by atomic mass is 10.1. The predicted molar refractivity (Wildman–Crippen MR) is 87.6 cm³/mol. The van der Waals surface area contributed by atoms with Gasteiger partial charge in [0, 0.05) is 33.1 Å². The van der Waals surface area contributed by atoms with Gasteiger partial charge in [-0.2, -0.15) is 4.98 Å². The fourth-order valence-corrected chi connectivity index (χ4v) is 3.13. The Morgan fingerprint density at radius 2 is 1.96 bits per heavy atom. The number of aryl methyl sites for hydroxylation is 1. The Kier molecular flexibility index (Phi) is 4.27. The Balaban J connectivity index is 1.40. The van der Waals surface area contributed by atoms with E-state index in [1.807, 2.05) is 17.0 Å². The van der Waals surface area contributed by atoms with E-state index in [0.717, 1.165) is 13.1 Å². The van der Waals surface area contributed by atoms with Crippen molar-refractivity contribution in [1.82, 2.24) is 19.9 Å². The topological polar surface area (TPSA) is 80.9 Å². The van der Waals surface area contributed by atoms with Crippen LogP contribution in [0.2, 0.25) is 0 Å². The van der Waals surface area contributed by atoms with Gasteiger partial charge in [0.05, 0.1) is 12.1 Å². The number of carbonyl (C=O) groups excluding carboxylic acids is 1. The van der Waals surface area contributed by atoms with Gasteiger partial charge in [-0.3, -0.25) is 9.69 Å². The van der Waals surface area contributed by atoms with Crippen molar-refractivity contribution in [2.75, 3.05) is 39.4 Å². The van der Waals surface area contributed by atoms with Crippen LogP contribution >= 0.6 is 0 Å². The normalized spacial score (nSPS) is 17.6. The Labute approximate surface area is 145 Å². The number of hydrogen-bond donors (Lipinski definition) is 0. The van der Waals surface area contributed by atoms with Crippen LogP contribution in [0.5, 0.6) is 11.5 Å². The van der Waals surface area contributed by atoms with Gasteiger partial charge in [-0.05, 0) is 12.1 Å². The standard InChI is InChI=1S/C17H20N4O4/c1-12-18-15(19-25-12)11-20-5-7-21(8-6-20)17(22)13-3-2-4-14-16(13)24-10-9-23-14/h2-4H,5-11H2,1H3. The first-order valence-corrected chi connectivity index (χ1v) is 8.40. The minimum Gasteiger partial charge on any atom is -0.486 e. The summed E-state index contributed by atoms with van der Waals surface area (Å²) in [5.41, 5.74) is 0.569. The molecule has 132 valence electrons. The summed E-state index contributed by atoms with van der Waals surface area (Å²) in [6, 6.07) is 5.45. The number of aromatic nitrogens is 2. The molecule has 0 atom stereocenters. The van der Waals surface area contributed by atoms with Crippen molar-refractivity contribution in [2.45, 2.75) is 13.5 Å². The van der Waals surface area contributed by atoms with Crippen LogP contribution in [0.4, 0.5) is 0 Å². The van der Waals surface area contributed by atoms with Crippen LogP contribution in [0.3, 0.4) is 0 Å².